The van der Waals surface area contributed by atoms with E-state index in [1.54, 1.807) is 6.26 Å². The topological polar surface area (TPSA) is 42.2 Å². The van der Waals surface area contributed by atoms with E-state index in [4.69, 9.17) is 4.42 Å². The summed E-state index contributed by atoms with van der Waals surface area (Å²) in [6, 6.07) is 9.76. The summed E-state index contributed by atoms with van der Waals surface area (Å²) in [4.78, 5) is 12.8. The quantitative estimate of drug-likeness (QED) is 0.656. The van der Waals surface area contributed by atoms with Gasteiger partial charge in [-0.15, -0.1) is 0 Å². The Bertz CT molecular complexity index is 589. The van der Waals surface area contributed by atoms with Crippen molar-refractivity contribution in [1.82, 2.24) is 0 Å². The number of benzene rings is 1. The van der Waals surface area contributed by atoms with Crippen LogP contribution >= 0.6 is 15.9 Å². The van der Waals surface area contributed by atoms with E-state index in [1.807, 2.05) is 44.2 Å². The SMILES string of the molecule is BrC#CCCc1ccco1.Cc1cccc(C)c1NC=O. The van der Waals surface area contributed by atoms with Gasteiger partial charge < -0.3 is 9.73 Å². The van der Waals surface area contributed by atoms with Crippen molar-refractivity contribution in [3.8, 4) is 10.8 Å². The zero-order valence-corrected chi connectivity index (χ0v) is 13.7. The van der Waals surface area contributed by atoms with E-state index >= 15 is 0 Å². The van der Waals surface area contributed by atoms with Crippen LogP contribution in [0, 0.1) is 24.6 Å². The summed E-state index contributed by atoms with van der Waals surface area (Å²) in [5, 5.41) is 2.66. The third-order valence-electron chi connectivity index (χ3n) is 2.83. The second-order valence-corrected chi connectivity index (χ2v) is 4.78. The van der Waals surface area contributed by atoms with Gasteiger partial charge in [-0.05, 0) is 41.9 Å². The fourth-order valence-electron chi connectivity index (χ4n) is 1.79. The van der Waals surface area contributed by atoms with Crippen LogP contribution in [-0.2, 0) is 11.2 Å². The van der Waals surface area contributed by atoms with Gasteiger partial charge in [0, 0.05) is 34.5 Å². The number of nitrogens with one attached hydrogen (secondary N) is 1. The van der Waals surface area contributed by atoms with Crippen LogP contribution in [0.15, 0.2) is 41.0 Å². The van der Waals surface area contributed by atoms with E-state index in [-0.39, 0.29) is 0 Å². The third kappa shape index (κ3) is 6.33. The zero-order chi connectivity index (χ0) is 15.5. The molecule has 2 aromatic rings. The highest BCUT2D eigenvalue weighted by atomic mass is 79.9. The van der Waals surface area contributed by atoms with Gasteiger partial charge in [-0.25, -0.2) is 0 Å². The summed E-state index contributed by atoms with van der Waals surface area (Å²) in [7, 11) is 0. The molecule has 0 atom stereocenters. The van der Waals surface area contributed by atoms with Gasteiger partial charge in [0.1, 0.15) is 5.76 Å². The predicted molar refractivity (Wildman–Crippen MR) is 89.3 cm³/mol. The van der Waals surface area contributed by atoms with Crippen LogP contribution in [0.1, 0.15) is 23.3 Å². The van der Waals surface area contributed by atoms with E-state index in [0.29, 0.717) is 6.41 Å². The number of halogens is 1. The van der Waals surface area contributed by atoms with Gasteiger partial charge in [0.2, 0.25) is 6.41 Å². The fourth-order valence-corrected chi connectivity index (χ4v) is 1.99. The first-order chi connectivity index (χ1) is 10.2. The van der Waals surface area contributed by atoms with E-state index in [1.165, 1.54) is 0 Å². The molecule has 3 nitrogen and oxygen atoms in total. The van der Waals surface area contributed by atoms with E-state index < -0.39 is 0 Å². The van der Waals surface area contributed by atoms with Crippen molar-refractivity contribution in [2.45, 2.75) is 26.7 Å². The van der Waals surface area contributed by atoms with Crippen LogP contribution in [0.2, 0.25) is 0 Å². The maximum Gasteiger partial charge on any atom is 0.211 e. The highest BCUT2D eigenvalue weighted by Crippen LogP contribution is 2.17. The molecular formula is C17H18BrNO2. The van der Waals surface area contributed by atoms with Gasteiger partial charge in [0.15, 0.2) is 0 Å². The molecule has 0 fully saturated rings. The molecule has 0 bridgehead atoms. The third-order valence-corrected chi connectivity index (χ3v) is 3.11. The molecule has 1 heterocycles. The maximum atomic E-state index is 10.2. The Kier molecular flexibility index (Phi) is 8.00. The molecule has 4 heteroatoms. The average molecular weight is 348 g/mol. The molecule has 110 valence electrons. The number of carbonyl (C=O) groups is 1. The number of rotatable bonds is 4. The Morgan fingerprint density at radius 2 is 1.95 bits per heavy atom. The Morgan fingerprint density at radius 3 is 2.48 bits per heavy atom. The first-order valence-electron chi connectivity index (χ1n) is 6.56. The molecule has 21 heavy (non-hydrogen) atoms. The molecule has 0 aliphatic rings. The summed E-state index contributed by atoms with van der Waals surface area (Å²) in [5.74, 6) is 3.89. The number of furan rings is 1. The average Bonchev–Trinajstić information content (AvgIpc) is 2.97. The monoisotopic (exact) mass is 347 g/mol. The molecule has 1 N–H and O–H groups in total. The van der Waals surface area contributed by atoms with Gasteiger partial charge in [-0.3, -0.25) is 4.79 Å². The van der Waals surface area contributed by atoms with Crippen molar-refractivity contribution in [2.75, 3.05) is 5.32 Å². The smallest absolute Gasteiger partial charge is 0.211 e. The molecule has 0 aliphatic carbocycles. The number of anilines is 1. The molecular weight excluding hydrogens is 330 g/mol. The number of hydrogen-bond donors (Lipinski definition) is 1. The van der Waals surface area contributed by atoms with Crippen LogP contribution in [-0.4, -0.2) is 6.41 Å². The van der Waals surface area contributed by atoms with Gasteiger partial charge in [-0.1, -0.05) is 24.1 Å². The maximum absolute atomic E-state index is 10.2. The summed E-state index contributed by atoms with van der Waals surface area (Å²) in [6.45, 7) is 3.94. The van der Waals surface area contributed by atoms with E-state index in [0.717, 1.165) is 35.4 Å². The lowest BCUT2D eigenvalue weighted by Crippen LogP contribution is -1.98. The molecule has 1 amide bonds. The van der Waals surface area contributed by atoms with Crippen molar-refractivity contribution in [1.29, 1.82) is 0 Å². The Balaban J connectivity index is 0.000000211. The van der Waals surface area contributed by atoms with Crippen LogP contribution in [0.3, 0.4) is 0 Å². The van der Waals surface area contributed by atoms with E-state index in [2.05, 4.69) is 32.0 Å². The van der Waals surface area contributed by atoms with Crippen LogP contribution < -0.4 is 5.32 Å². The molecule has 1 aromatic heterocycles. The number of amides is 1. The summed E-state index contributed by atoms with van der Waals surface area (Å²) < 4.78 is 5.10. The first-order valence-corrected chi connectivity index (χ1v) is 7.35. The zero-order valence-electron chi connectivity index (χ0n) is 12.2. The Morgan fingerprint density at radius 1 is 1.24 bits per heavy atom. The van der Waals surface area contributed by atoms with Crippen LogP contribution in [0.5, 0.6) is 0 Å². The van der Waals surface area contributed by atoms with Gasteiger partial charge in [0.25, 0.3) is 0 Å². The van der Waals surface area contributed by atoms with Crippen molar-refractivity contribution in [3.63, 3.8) is 0 Å². The van der Waals surface area contributed by atoms with E-state index in [9.17, 15) is 4.79 Å². The van der Waals surface area contributed by atoms with Gasteiger partial charge in [0.05, 0.1) is 6.26 Å². The second-order valence-electron chi connectivity index (χ2n) is 4.38. The van der Waals surface area contributed by atoms with Crippen LogP contribution in [0.25, 0.3) is 0 Å². The fraction of sp³-hybridized carbons (Fsp3) is 0.235. The predicted octanol–water partition coefficient (Wildman–Crippen LogP) is 4.44. The van der Waals surface area contributed by atoms with Gasteiger partial charge in [-0.2, -0.15) is 0 Å². The summed E-state index contributed by atoms with van der Waals surface area (Å²) >= 11 is 3.02. The molecule has 0 spiro atoms. The highest BCUT2D eigenvalue weighted by molar-refractivity contribution is 9.12. The number of hydrogen-bond acceptors (Lipinski definition) is 2. The lowest BCUT2D eigenvalue weighted by molar-refractivity contribution is -0.105. The standard InChI is InChI=1S/C9H11NO.C8H7BrO/c1-7-4-3-5-8(2)9(7)10-6-11;9-6-2-1-4-8-5-3-7-10-8/h3-6H,1-2H3,(H,10,11);3,5,7H,1,4H2. The summed E-state index contributed by atoms with van der Waals surface area (Å²) in [6.07, 6.45) is 4.12. The number of aryl methyl sites for hydroxylation is 3. The van der Waals surface area contributed by atoms with Crippen molar-refractivity contribution >= 4 is 28.0 Å². The van der Waals surface area contributed by atoms with Crippen molar-refractivity contribution < 1.29 is 9.21 Å². The molecule has 0 aliphatic heterocycles. The highest BCUT2D eigenvalue weighted by Gasteiger charge is 1.98. The largest absolute Gasteiger partial charge is 0.469 e. The first kappa shape index (κ1) is 17.1. The van der Waals surface area contributed by atoms with Gasteiger partial charge >= 0.3 is 0 Å². The molecule has 0 radical (unpaired) electrons. The minimum Gasteiger partial charge on any atom is -0.469 e. The molecule has 0 saturated carbocycles. The Hall–Kier alpha value is -1.99. The molecule has 0 unspecified atom stereocenters. The minimum absolute atomic E-state index is 0.704. The van der Waals surface area contributed by atoms with Crippen molar-refractivity contribution in [2.24, 2.45) is 0 Å². The molecule has 1 aromatic carbocycles. The van der Waals surface area contributed by atoms with Crippen molar-refractivity contribution in [3.05, 3.63) is 53.5 Å². The van der Waals surface area contributed by atoms with Crippen LogP contribution in [0.4, 0.5) is 5.69 Å². The lowest BCUT2D eigenvalue weighted by Gasteiger charge is -2.06. The second kappa shape index (κ2) is 9.84. The molecule has 2 rings (SSSR count). The number of para-hydroxylation sites is 1. The summed E-state index contributed by atoms with van der Waals surface area (Å²) in [5.41, 5.74) is 3.11. The Labute approximate surface area is 133 Å². The lowest BCUT2D eigenvalue weighted by atomic mass is 10.1. The normalized spacial score (nSPS) is 8.90. The molecule has 0 saturated heterocycles. The number of carbonyl (C=O) groups excluding carboxylic acids is 1. The minimum atomic E-state index is 0.704.